The predicted molar refractivity (Wildman–Crippen MR) is 114 cm³/mol. The maximum absolute atomic E-state index is 12.7. The largest absolute Gasteiger partial charge is 0.465 e. The number of aliphatic hydroxyl groups is 1. The van der Waals surface area contributed by atoms with E-state index in [2.05, 4.69) is 11.8 Å². The van der Waals surface area contributed by atoms with Crippen LogP contribution in [-0.4, -0.2) is 73.7 Å². The van der Waals surface area contributed by atoms with Gasteiger partial charge in [-0.25, -0.2) is 0 Å². The number of hydrogen-bond acceptors (Lipinski definition) is 5. The Bertz CT molecular complexity index is 402. The van der Waals surface area contributed by atoms with Gasteiger partial charge in [0.2, 0.25) is 5.91 Å². The number of nitrogens with zero attached hydrogens (tertiary/aromatic N) is 2. The molecule has 0 aromatic carbocycles. The van der Waals surface area contributed by atoms with Crippen molar-refractivity contribution in [1.29, 1.82) is 0 Å². The molecule has 6 heteroatoms. The third kappa shape index (κ3) is 14.9. The highest BCUT2D eigenvalue weighted by Crippen LogP contribution is 2.10. The molecule has 0 heterocycles. The van der Waals surface area contributed by atoms with Crippen LogP contribution in [-0.2, 0) is 14.3 Å². The van der Waals surface area contributed by atoms with E-state index in [0.717, 1.165) is 38.6 Å². The van der Waals surface area contributed by atoms with Gasteiger partial charge in [0.25, 0.3) is 0 Å². The van der Waals surface area contributed by atoms with Gasteiger partial charge in [0.1, 0.15) is 0 Å². The minimum atomic E-state index is -0.228. The summed E-state index contributed by atoms with van der Waals surface area (Å²) in [4.78, 5) is 28.4. The van der Waals surface area contributed by atoms with Crippen molar-refractivity contribution in [3.05, 3.63) is 0 Å². The zero-order valence-corrected chi connectivity index (χ0v) is 18.8. The first-order valence-electron chi connectivity index (χ1n) is 11.1. The average molecular weight is 401 g/mol. The number of carbonyl (C=O) groups excluding carboxylic acids is 2. The van der Waals surface area contributed by atoms with Crippen molar-refractivity contribution in [3.8, 4) is 0 Å². The van der Waals surface area contributed by atoms with Gasteiger partial charge in [-0.1, -0.05) is 46.0 Å². The zero-order valence-electron chi connectivity index (χ0n) is 18.8. The molecule has 0 bridgehead atoms. The van der Waals surface area contributed by atoms with Gasteiger partial charge in [0.15, 0.2) is 0 Å². The lowest BCUT2D eigenvalue weighted by Crippen LogP contribution is -2.39. The molecule has 0 aliphatic rings. The van der Waals surface area contributed by atoms with Gasteiger partial charge in [-0.3, -0.25) is 9.59 Å². The highest BCUT2D eigenvalue weighted by atomic mass is 16.5. The molecule has 0 saturated carbocycles. The van der Waals surface area contributed by atoms with Crippen molar-refractivity contribution in [2.45, 2.75) is 78.1 Å². The van der Waals surface area contributed by atoms with E-state index >= 15 is 0 Å². The second-order valence-electron chi connectivity index (χ2n) is 8.00. The smallest absolute Gasteiger partial charge is 0.305 e. The predicted octanol–water partition coefficient (Wildman–Crippen LogP) is 3.47. The van der Waals surface area contributed by atoms with Crippen LogP contribution in [0, 0.1) is 5.92 Å². The molecule has 166 valence electrons. The molecule has 28 heavy (non-hydrogen) atoms. The molecule has 0 saturated heterocycles. The monoisotopic (exact) mass is 400 g/mol. The standard InChI is InChI=1S/C22H44N2O4/c1-5-7-9-10-11-13-21(26)24(16-12-15-23(3)4)17-20(18-25)19-28-22(27)14-8-6-2/h20,25H,5-19H2,1-4H3. The molecular weight excluding hydrogens is 356 g/mol. The summed E-state index contributed by atoms with van der Waals surface area (Å²) in [6.45, 7) is 6.33. The van der Waals surface area contributed by atoms with E-state index in [0.29, 0.717) is 25.9 Å². The summed E-state index contributed by atoms with van der Waals surface area (Å²) < 4.78 is 5.30. The molecule has 0 aliphatic heterocycles. The SMILES string of the molecule is CCCCCCCC(=O)N(CCCN(C)C)CC(CO)COC(=O)CCCC. The van der Waals surface area contributed by atoms with Gasteiger partial charge in [0, 0.05) is 31.8 Å². The van der Waals surface area contributed by atoms with Gasteiger partial charge < -0.3 is 19.6 Å². The summed E-state index contributed by atoms with van der Waals surface area (Å²) in [5, 5.41) is 9.69. The van der Waals surface area contributed by atoms with Crippen LogP contribution in [0.1, 0.15) is 78.1 Å². The molecule has 0 spiro atoms. The van der Waals surface area contributed by atoms with Crippen molar-refractivity contribution in [2.24, 2.45) is 5.92 Å². The molecule has 1 unspecified atom stereocenters. The van der Waals surface area contributed by atoms with Crippen LogP contribution in [0.2, 0.25) is 0 Å². The molecule has 0 radical (unpaired) electrons. The minimum Gasteiger partial charge on any atom is -0.465 e. The number of esters is 1. The second kappa shape index (κ2) is 17.9. The van der Waals surface area contributed by atoms with Gasteiger partial charge in [0.05, 0.1) is 13.2 Å². The summed E-state index contributed by atoms with van der Waals surface area (Å²) in [5.41, 5.74) is 0. The maximum Gasteiger partial charge on any atom is 0.305 e. The lowest BCUT2D eigenvalue weighted by molar-refractivity contribution is -0.146. The van der Waals surface area contributed by atoms with Gasteiger partial charge in [-0.15, -0.1) is 0 Å². The second-order valence-corrected chi connectivity index (χ2v) is 8.00. The van der Waals surface area contributed by atoms with E-state index < -0.39 is 0 Å². The highest BCUT2D eigenvalue weighted by Gasteiger charge is 2.20. The molecule has 0 aliphatic carbocycles. The average Bonchev–Trinajstić information content (AvgIpc) is 2.67. The number of rotatable bonds is 18. The Morgan fingerprint density at radius 1 is 0.893 bits per heavy atom. The first-order valence-corrected chi connectivity index (χ1v) is 11.1. The Morgan fingerprint density at radius 2 is 1.57 bits per heavy atom. The van der Waals surface area contributed by atoms with Crippen molar-refractivity contribution in [2.75, 3.05) is 46.9 Å². The van der Waals surface area contributed by atoms with Crippen LogP contribution in [0.3, 0.4) is 0 Å². The van der Waals surface area contributed by atoms with Crippen LogP contribution in [0.4, 0.5) is 0 Å². The van der Waals surface area contributed by atoms with Crippen LogP contribution >= 0.6 is 0 Å². The van der Waals surface area contributed by atoms with Crippen LogP contribution < -0.4 is 0 Å². The number of ether oxygens (including phenoxy) is 1. The zero-order chi connectivity index (χ0) is 21.2. The molecular formula is C22H44N2O4. The van der Waals surface area contributed by atoms with Crippen LogP contribution in [0.15, 0.2) is 0 Å². The Balaban J connectivity index is 4.55. The van der Waals surface area contributed by atoms with E-state index in [1.807, 2.05) is 25.9 Å². The Morgan fingerprint density at radius 3 is 2.18 bits per heavy atom. The summed E-state index contributed by atoms with van der Waals surface area (Å²) >= 11 is 0. The Kier molecular flexibility index (Phi) is 17.2. The summed E-state index contributed by atoms with van der Waals surface area (Å²) in [6.07, 6.45) is 9.22. The van der Waals surface area contributed by atoms with Gasteiger partial charge >= 0.3 is 5.97 Å². The van der Waals surface area contributed by atoms with Crippen molar-refractivity contribution >= 4 is 11.9 Å². The third-order valence-corrected chi connectivity index (χ3v) is 4.83. The van der Waals surface area contributed by atoms with Crippen LogP contribution in [0.25, 0.3) is 0 Å². The van der Waals surface area contributed by atoms with Crippen molar-refractivity contribution in [3.63, 3.8) is 0 Å². The molecule has 0 aromatic heterocycles. The van der Waals surface area contributed by atoms with E-state index in [9.17, 15) is 14.7 Å². The van der Waals surface area contributed by atoms with Crippen molar-refractivity contribution in [1.82, 2.24) is 9.80 Å². The molecule has 0 fully saturated rings. The number of amides is 1. The lowest BCUT2D eigenvalue weighted by Gasteiger charge is -2.27. The van der Waals surface area contributed by atoms with Crippen LogP contribution in [0.5, 0.6) is 0 Å². The van der Waals surface area contributed by atoms with E-state index in [1.54, 1.807) is 0 Å². The molecule has 0 rings (SSSR count). The molecule has 1 N–H and O–H groups in total. The fourth-order valence-corrected chi connectivity index (χ4v) is 3.01. The van der Waals surface area contributed by atoms with Gasteiger partial charge in [-0.2, -0.15) is 0 Å². The summed E-state index contributed by atoms with van der Waals surface area (Å²) in [7, 11) is 4.04. The normalized spacial score (nSPS) is 12.2. The summed E-state index contributed by atoms with van der Waals surface area (Å²) in [6, 6.07) is 0. The quantitative estimate of drug-likeness (QED) is 0.282. The topological polar surface area (TPSA) is 70.1 Å². The maximum atomic E-state index is 12.7. The highest BCUT2D eigenvalue weighted by molar-refractivity contribution is 5.76. The third-order valence-electron chi connectivity index (χ3n) is 4.83. The fourth-order valence-electron chi connectivity index (χ4n) is 3.01. The Labute approximate surface area is 172 Å². The van der Waals surface area contributed by atoms with E-state index in [4.69, 9.17) is 4.74 Å². The summed E-state index contributed by atoms with van der Waals surface area (Å²) in [5.74, 6) is -0.304. The fraction of sp³-hybridized carbons (Fsp3) is 0.909. The number of unbranched alkanes of at least 4 members (excludes halogenated alkanes) is 5. The first-order chi connectivity index (χ1) is 13.4. The van der Waals surface area contributed by atoms with Crippen molar-refractivity contribution < 1.29 is 19.4 Å². The first kappa shape index (κ1) is 26.9. The molecule has 1 amide bonds. The molecule has 6 nitrogen and oxygen atoms in total. The molecule has 1 atom stereocenters. The van der Waals surface area contributed by atoms with E-state index in [-0.39, 0.29) is 31.0 Å². The molecule has 0 aromatic rings. The Hall–Kier alpha value is -1.14. The number of hydrogen-bond donors (Lipinski definition) is 1. The number of aliphatic hydroxyl groups excluding tert-OH is 1. The minimum absolute atomic E-state index is 0.0883. The lowest BCUT2D eigenvalue weighted by atomic mass is 10.1. The number of carbonyl (C=O) groups is 2. The van der Waals surface area contributed by atoms with Gasteiger partial charge in [-0.05, 0) is 39.9 Å². The van der Waals surface area contributed by atoms with E-state index in [1.165, 1.54) is 19.3 Å².